The van der Waals surface area contributed by atoms with E-state index in [1.807, 2.05) is 12.1 Å². The lowest BCUT2D eigenvalue weighted by atomic mass is 9.80. The summed E-state index contributed by atoms with van der Waals surface area (Å²) in [6, 6.07) is 5.61. The highest BCUT2D eigenvalue weighted by molar-refractivity contribution is 5.96. The van der Waals surface area contributed by atoms with Crippen molar-refractivity contribution in [3.05, 3.63) is 29.3 Å². The van der Waals surface area contributed by atoms with Gasteiger partial charge in [-0.25, -0.2) is 4.79 Å². The van der Waals surface area contributed by atoms with E-state index >= 15 is 0 Å². The molecule has 4 nitrogen and oxygen atoms in total. The van der Waals surface area contributed by atoms with Crippen LogP contribution in [0.25, 0.3) is 0 Å². The molecule has 1 fully saturated rings. The Labute approximate surface area is 127 Å². The van der Waals surface area contributed by atoms with E-state index < -0.39 is 0 Å². The molecule has 21 heavy (non-hydrogen) atoms. The molecule has 1 aliphatic heterocycles. The third-order valence-electron chi connectivity index (χ3n) is 4.46. The zero-order valence-electron chi connectivity index (χ0n) is 13.5. The molecule has 1 aromatic rings. The number of rotatable bonds is 3. The number of benzene rings is 1. The molecule has 0 bridgehead atoms. The Morgan fingerprint density at radius 1 is 1.43 bits per heavy atom. The van der Waals surface area contributed by atoms with Gasteiger partial charge in [0.15, 0.2) is 0 Å². The Morgan fingerprint density at radius 3 is 2.71 bits per heavy atom. The Kier molecular flexibility index (Phi) is 4.57. The number of nitrogens with two attached hydrogens (primary N) is 1. The molecule has 1 atom stereocenters. The van der Waals surface area contributed by atoms with Crippen molar-refractivity contribution >= 4 is 11.7 Å². The summed E-state index contributed by atoms with van der Waals surface area (Å²) < 4.78 is 4.86. The van der Waals surface area contributed by atoms with Gasteiger partial charge in [0.2, 0.25) is 0 Å². The summed E-state index contributed by atoms with van der Waals surface area (Å²) in [5.41, 5.74) is 8.24. The van der Waals surface area contributed by atoms with Crippen LogP contribution in [0.15, 0.2) is 18.2 Å². The van der Waals surface area contributed by atoms with E-state index in [9.17, 15) is 4.79 Å². The summed E-state index contributed by atoms with van der Waals surface area (Å²) in [7, 11) is 1.39. The summed E-state index contributed by atoms with van der Waals surface area (Å²) in [6.45, 7) is 9.77. The molecule has 0 aliphatic carbocycles. The van der Waals surface area contributed by atoms with Crippen LogP contribution in [0, 0.1) is 11.3 Å². The monoisotopic (exact) mass is 290 g/mol. The lowest BCUT2D eigenvalue weighted by Crippen LogP contribution is -2.26. The number of likely N-dealkylation sites (tertiary alicyclic amines) is 1. The van der Waals surface area contributed by atoms with Crippen molar-refractivity contribution < 1.29 is 9.53 Å². The van der Waals surface area contributed by atoms with Gasteiger partial charge in [-0.15, -0.1) is 0 Å². The Balaban J connectivity index is 2.14. The van der Waals surface area contributed by atoms with Crippen molar-refractivity contribution in [1.82, 2.24) is 4.90 Å². The van der Waals surface area contributed by atoms with Gasteiger partial charge in [-0.1, -0.05) is 32.9 Å². The fourth-order valence-corrected chi connectivity index (χ4v) is 3.03. The van der Waals surface area contributed by atoms with Gasteiger partial charge >= 0.3 is 5.97 Å². The molecule has 0 aromatic heterocycles. The number of anilines is 1. The molecule has 0 radical (unpaired) electrons. The molecule has 1 aliphatic rings. The maximum atomic E-state index is 11.9. The van der Waals surface area contributed by atoms with Crippen LogP contribution >= 0.6 is 0 Å². The topological polar surface area (TPSA) is 55.6 Å². The lowest BCUT2D eigenvalue weighted by molar-refractivity contribution is 0.0599. The van der Waals surface area contributed by atoms with Crippen LogP contribution in [-0.4, -0.2) is 31.1 Å². The molecule has 0 saturated carbocycles. The van der Waals surface area contributed by atoms with Gasteiger partial charge in [0.25, 0.3) is 0 Å². The van der Waals surface area contributed by atoms with Crippen molar-refractivity contribution in [3.63, 3.8) is 0 Å². The first-order valence-corrected chi connectivity index (χ1v) is 7.51. The summed E-state index contributed by atoms with van der Waals surface area (Å²) in [5, 5.41) is 0. The summed E-state index contributed by atoms with van der Waals surface area (Å²) in [4.78, 5) is 14.3. The lowest BCUT2D eigenvalue weighted by Gasteiger charge is -2.27. The molecule has 116 valence electrons. The van der Waals surface area contributed by atoms with E-state index in [-0.39, 0.29) is 5.97 Å². The van der Waals surface area contributed by atoms with Crippen molar-refractivity contribution in [3.8, 4) is 0 Å². The minimum absolute atomic E-state index is 0.329. The first-order chi connectivity index (χ1) is 9.82. The molecule has 1 heterocycles. The first kappa shape index (κ1) is 15.8. The van der Waals surface area contributed by atoms with E-state index in [4.69, 9.17) is 10.5 Å². The van der Waals surface area contributed by atoms with Gasteiger partial charge in [0, 0.05) is 18.8 Å². The van der Waals surface area contributed by atoms with Crippen LogP contribution in [0.3, 0.4) is 0 Å². The van der Waals surface area contributed by atoms with Gasteiger partial charge in [-0.3, -0.25) is 4.90 Å². The first-order valence-electron chi connectivity index (χ1n) is 7.51. The third-order valence-corrected chi connectivity index (χ3v) is 4.46. The summed E-state index contributed by atoms with van der Waals surface area (Å²) in [5.74, 6) is 0.342. The number of carbonyl (C=O) groups excluding carboxylic acids is 1. The number of nitrogen functional groups attached to an aromatic ring is 1. The second-order valence-electron chi connectivity index (χ2n) is 6.96. The van der Waals surface area contributed by atoms with E-state index in [2.05, 4.69) is 25.7 Å². The van der Waals surface area contributed by atoms with Crippen molar-refractivity contribution in [2.45, 2.75) is 33.7 Å². The molecule has 1 saturated heterocycles. The fourth-order valence-electron chi connectivity index (χ4n) is 3.03. The maximum Gasteiger partial charge on any atom is 0.340 e. The van der Waals surface area contributed by atoms with Crippen LogP contribution in [0.1, 0.15) is 43.1 Å². The highest BCUT2D eigenvalue weighted by Gasteiger charge is 2.32. The molecule has 1 unspecified atom stereocenters. The predicted molar refractivity (Wildman–Crippen MR) is 85.0 cm³/mol. The molecule has 2 rings (SSSR count). The summed E-state index contributed by atoms with van der Waals surface area (Å²) >= 11 is 0. The summed E-state index contributed by atoms with van der Waals surface area (Å²) in [6.07, 6.45) is 1.21. The van der Waals surface area contributed by atoms with Crippen LogP contribution in [0.4, 0.5) is 5.69 Å². The van der Waals surface area contributed by atoms with E-state index in [0.717, 1.165) is 25.2 Å². The Morgan fingerprint density at radius 2 is 2.14 bits per heavy atom. The van der Waals surface area contributed by atoms with Gasteiger partial charge in [0.05, 0.1) is 12.7 Å². The van der Waals surface area contributed by atoms with Gasteiger partial charge in [-0.2, -0.15) is 0 Å². The van der Waals surface area contributed by atoms with Crippen LogP contribution < -0.4 is 5.73 Å². The molecule has 0 amide bonds. The van der Waals surface area contributed by atoms with E-state index in [1.165, 1.54) is 13.5 Å². The van der Waals surface area contributed by atoms with E-state index in [1.54, 1.807) is 6.07 Å². The Hall–Kier alpha value is -1.55. The number of ether oxygens (including phenoxy) is 1. The molecular weight excluding hydrogens is 264 g/mol. The predicted octanol–water partition coefficient (Wildman–Crippen LogP) is 2.92. The number of hydrogen-bond acceptors (Lipinski definition) is 4. The normalized spacial score (nSPS) is 19.7. The highest BCUT2D eigenvalue weighted by Crippen LogP contribution is 2.34. The van der Waals surface area contributed by atoms with Crippen molar-refractivity contribution in [2.24, 2.45) is 11.3 Å². The fraction of sp³-hybridized carbons (Fsp3) is 0.588. The van der Waals surface area contributed by atoms with Crippen molar-refractivity contribution in [1.29, 1.82) is 0 Å². The van der Waals surface area contributed by atoms with Crippen molar-refractivity contribution in [2.75, 3.05) is 25.9 Å². The minimum atomic E-state index is -0.352. The highest BCUT2D eigenvalue weighted by atomic mass is 16.5. The largest absolute Gasteiger partial charge is 0.465 e. The van der Waals surface area contributed by atoms with Crippen LogP contribution in [-0.2, 0) is 11.3 Å². The second kappa shape index (κ2) is 6.06. The zero-order chi connectivity index (χ0) is 15.6. The average molecular weight is 290 g/mol. The van der Waals surface area contributed by atoms with Crippen LogP contribution in [0.5, 0.6) is 0 Å². The standard InChI is InChI=1S/C17H26N2O2/c1-17(2,3)13-8-9-19(11-13)10-12-6-5-7-14(18)15(12)16(20)21-4/h5-7,13H,8-11,18H2,1-4H3. The molecule has 1 aromatic carbocycles. The second-order valence-corrected chi connectivity index (χ2v) is 6.96. The zero-order valence-corrected chi connectivity index (χ0v) is 13.5. The number of hydrogen-bond donors (Lipinski definition) is 1. The van der Waals surface area contributed by atoms with Crippen LogP contribution in [0.2, 0.25) is 0 Å². The average Bonchev–Trinajstić information content (AvgIpc) is 2.87. The van der Waals surface area contributed by atoms with E-state index in [0.29, 0.717) is 22.6 Å². The number of nitrogens with zero attached hydrogens (tertiary/aromatic N) is 1. The molecular formula is C17H26N2O2. The van der Waals surface area contributed by atoms with Gasteiger partial charge in [0.1, 0.15) is 0 Å². The van der Waals surface area contributed by atoms with Gasteiger partial charge < -0.3 is 10.5 Å². The molecule has 2 N–H and O–H groups in total. The number of esters is 1. The number of methoxy groups -OCH3 is 1. The quantitative estimate of drug-likeness (QED) is 0.687. The van der Waals surface area contributed by atoms with Gasteiger partial charge in [-0.05, 0) is 35.9 Å². The maximum absolute atomic E-state index is 11.9. The smallest absolute Gasteiger partial charge is 0.340 e. The Bertz CT molecular complexity index is 520. The molecule has 0 spiro atoms. The minimum Gasteiger partial charge on any atom is -0.465 e. The third kappa shape index (κ3) is 3.56. The number of carbonyl (C=O) groups is 1. The SMILES string of the molecule is COC(=O)c1c(N)cccc1CN1CCC(C(C)(C)C)C1. The molecule has 4 heteroatoms.